The fraction of sp³-hybridized carbons (Fsp3) is 0.125. The highest BCUT2D eigenvalue weighted by atomic mass is 32.1. The van der Waals surface area contributed by atoms with E-state index in [-0.39, 0.29) is 5.56 Å². The number of hydrogen-bond donors (Lipinski definition) is 2. The first-order valence-electron chi connectivity index (χ1n) is 6.50. The monoisotopic (exact) mass is 304 g/mol. The smallest absolute Gasteiger partial charge is 0.134 e. The molecule has 0 aliphatic heterocycles. The summed E-state index contributed by atoms with van der Waals surface area (Å²) in [5, 5.41) is 2.84. The summed E-state index contributed by atoms with van der Waals surface area (Å²) in [5.41, 5.74) is 3.68. The van der Waals surface area contributed by atoms with Crippen molar-refractivity contribution in [1.29, 1.82) is 0 Å². The van der Waals surface area contributed by atoms with E-state index in [4.69, 9.17) is 5.84 Å². The average molecular weight is 304 g/mol. The van der Waals surface area contributed by atoms with Crippen molar-refractivity contribution >= 4 is 21.4 Å². The quantitative estimate of drug-likeness (QED) is 0.566. The number of hydrogen-bond acceptors (Lipinski definition) is 3. The van der Waals surface area contributed by atoms with Crippen LogP contribution in [0.1, 0.15) is 22.7 Å². The number of fused-ring (bicyclic) bond motifs is 1. The minimum absolute atomic E-state index is 0.0407. The molecular weight excluding hydrogens is 290 g/mol. The van der Waals surface area contributed by atoms with Crippen LogP contribution in [-0.2, 0) is 0 Å². The number of rotatable bonds is 3. The Morgan fingerprint density at radius 3 is 2.67 bits per heavy atom. The lowest BCUT2D eigenvalue weighted by Gasteiger charge is -2.18. The van der Waals surface area contributed by atoms with Gasteiger partial charge in [0, 0.05) is 10.3 Å². The molecule has 108 valence electrons. The summed E-state index contributed by atoms with van der Waals surface area (Å²) in [6, 6.07) is 9.70. The molecule has 0 aliphatic carbocycles. The summed E-state index contributed by atoms with van der Waals surface area (Å²) < 4.78 is 29.5. The van der Waals surface area contributed by atoms with Crippen LogP contribution in [0, 0.1) is 18.6 Å². The van der Waals surface area contributed by atoms with Crippen LogP contribution in [0.15, 0.2) is 41.8 Å². The Balaban J connectivity index is 2.22. The first-order valence-corrected chi connectivity index (χ1v) is 7.38. The lowest BCUT2D eigenvalue weighted by atomic mass is 9.96. The lowest BCUT2D eigenvalue weighted by molar-refractivity contribution is 0.508. The van der Waals surface area contributed by atoms with Gasteiger partial charge in [-0.25, -0.2) is 14.2 Å². The molecule has 2 aromatic carbocycles. The van der Waals surface area contributed by atoms with Crippen molar-refractivity contribution in [2.24, 2.45) is 5.84 Å². The highest BCUT2D eigenvalue weighted by molar-refractivity contribution is 7.17. The van der Waals surface area contributed by atoms with Crippen molar-refractivity contribution in [1.82, 2.24) is 5.43 Å². The Morgan fingerprint density at radius 2 is 1.90 bits per heavy atom. The second-order valence-corrected chi connectivity index (χ2v) is 5.79. The van der Waals surface area contributed by atoms with Crippen LogP contribution < -0.4 is 11.3 Å². The molecule has 21 heavy (non-hydrogen) atoms. The predicted molar refractivity (Wildman–Crippen MR) is 82.1 cm³/mol. The Hall–Kier alpha value is -1.82. The lowest BCUT2D eigenvalue weighted by Crippen LogP contribution is -2.30. The predicted octanol–water partition coefficient (Wildman–Crippen LogP) is 4.04. The maximum absolute atomic E-state index is 14.4. The van der Waals surface area contributed by atoms with Crippen molar-refractivity contribution in [2.75, 3.05) is 0 Å². The number of hydrazine groups is 1. The van der Waals surface area contributed by atoms with Crippen molar-refractivity contribution in [3.8, 4) is 0 Å². The van der Waals surface area contributed by atoms with Crippen LogP contribution in [-0.4, -0.2) is 0 Å². The number of thiophene rings is 1. The summed E-state index contributed by atoms with van der Waals surface area (Å²) in [6.07, 6.45) is 0. The van der Waals surface area contributed by atoms with Crippen molar-refractivity contribution in [3.63, 3.8) is 0 Å². The Bertz CT molecular complexity index is 798. The van der Waals surface area contributed by atoms with Gasteiger partial charge in [0.1, 0.15) is 11.6 Å². The van der Waals surface area contributed by atoms with E-state index in [1.54, 1.807) is 6.92 Å². The molecule has 1 atom stereocenters. The molecule has 0 amide bonds. The highest BCUT2D eigenvalue weighted by Crippen LogP contribution is 2.35. The van der Waals surface area contributed by atoms with E-state index >= 15 is 0 Å². The SMILES string of the molecule is Cc1ccc(F)c(C(NN)c2csc3ccccc23)c1F. The molecule has 0 saturated heterocycles. The molecule has 1 heterocycles. The van der Waals surface area contributed by atoms with Gasteiger partial charge in [0.05, 0.1) is 6.04 Å². The third kappa shape index (κ3) is 2.33. The fourth-order valence-corrected chi connectivity index (χ4v) is 3.48. The molecule has 3 rings (SSSR count). The molecule has 1 unspecified atom stereocenters. The number of nitrogens with two attached hydrogens (primary N) is 1. The summed E-state index contributed by atoms with van der Waals surface area (Å²) in [4.78, 5) is 0. The zero-order chi connectivity index (χ0) is 15.0. The second-order valence-electron chi connectivity index (χ2n) is 4.88. The molecule has 3 N–H and O–H groups in total. The zero-order valence-electron chi connectivity index (χ0n) is 11.4. The van der Waals surface area contributed by atoms with Gasteiger partial charge in [-0.05, 0) is 40.9 Å². The van der Waals surface area contributed by atoms with Crippen molar-refractivity contribution < 1.29 is 8.78 Å². The molecule has 3 aromatic rings. The molecule has 0 fully saturated rings. The molecule has 2 nitrogen and oxygen atoms in total. The summed E-state index contributed by atoms with van der Waals surface area (Å²) in [5.74, 6) is 4.43. The molecule has 0 bridgehead atoms. The summed E-state index contributed by atoms with van der Waals surface area (Å²) in [6.45, 7) is 1.61. The van der Waals surface area contributed by atoms with Gasteiger partial charge in [0.25, 0.3) is 0 Å². The highest BCUT2D eigenvalue weighted by Gasteiger charge is 2.24. The van der Waals surface area contributed by atoms with Crippen LogP contribution in [0.4, 0.5) is 8.78 Å². The van der Waals surface area contributed by atoms with Gasteiger partial charge >= 0.3 is 0 Å². The van der Waals surface area contributed by atoms with E-state index in [0.717, 1.165) is 15.6 Å². The number of aryl methyl sites for hydroxylation is 1. The minimum Gasteiger partial charge on any atom is -0.271 e. The molecule has 0 radical (unpaired) electrons. The molecular formula is C16H14F2N2S. The van der Waals surface area contributed by atoms with Gasteiger partial charge < -0.3 is 0 Å². The van der Waals surface area contributed by atoms with Gasteiger partial charge in [-0.15, -0.1) is 11.3 Å². The van der Waals surface area contributed by atoms with Crippen LogP contribution in [0.2, 0.25) is 0 Å². The Kier molecular flexibility index (Phi) is 3.71. The number of halogens is 2. The largest absolute Gasteiger partial charge is 0.271 e. The van der Waals surface area contributed by atoms with Crippen molar-refractivity contribution in [3.05, 3.63) is 70.1 Å². The number of benzene rings is 2. The molecule has 0 aliphatic rings. The minimum atomic E-state index is -0.721. The molecule has 0 spiro atoms. The molecule has 1 aromatic heterocycles. The topological polar surface area (TPSA) is 38.0 Å². The van der Waals surface area contributed by atoms with Gasteiger partial charge in [-0.3, -0.25) is 5.84 Å². The number of nitrogens with one attached hydrogen (secondary N) is 1. The second kappa shape index (κ2) is 5.52. The van der Waals surface area contributed by atoms with Crippen LogP contribution >= 0.6 is 11.3 Å². The molecule has 0 saturated carbocycles. The van der Waals surface area contributed by atoms with Gasteiger partial charge in [0.2, 0.25) is 0 Å². The van der Waals surface area contributed by atoms with E-state index in [0.29, 0.717) is 5.56 Å². The van der Waals surface area contributed by atoms with E-state index < -0.39 is 17.7 Å². The van der Waals surface area contributed by atoms with E-state index in [2.05, 4.69) is 5.43 Å². The van der Waals surface area contributed by atoms with Crippen LogP contribution in [0.5, 0.6) is 0 Å². The third-order valence-corrected chi connectivity index (χ3v) is 4.58. The maximum atomic E-state index is 14.4. The Morgan fingerprint density at radius 1 is 1.14 bits per heavy atom. The first-order chi connectivity index (χ1) is 10.1. The van der Waals surface area contributed by atoms with Crippen LogP contribution in [0.25, 0.3) is 10.1 Å². The van der Waals surface area contributed by atoms with E-state index in [9.17, 15) is 8.78 Å². The van der Waals surface area contributed by atoms with Crippen LogP contribution in [0.3, 0.4) is 0 Å². The van der Waals surface area contributed by atoms with Gasteiger partial charge in [-0.1, -0.05) is 24.3 Å². The fourth-order valence-electron chi connectivity index (χ4n) is 2.49. The third-order valence-electron chi connectivity index (χ3n) is 3.60. The van der Waals surface area contributed by atoms with Crippen molar-refractivity contribution in [2.45, 2.75) is 13.0 Å². The molecule has 5 heteroatoms. The first kappa shape index (κ1) is 14.1. The summed E-state index contributed by atoms with van der Waals surface area (Å²) >= 11 is 1.53. The normalized spacial score (nSPS) is 12.8. The van der Waals surface area contributed by atoms with Gasteiger partial charge in [-0.2, -0.15) is 0 Å². The average Bonchev–Trinajstić information content (AvgIpc) is 2.91. The standard InChI is InChI=1S/C16H14F2N2S/c1-9-6-7-12(17)14(15(9)18)16(20-19)11-8-21-13-5-3-2-4-10(11)13/h2-8,16,20H,19H2,1H3. The van der Waals surface area contributed by atoms with E-state index in [1.807, 2.05) is 29.6 Å². The Labute approximate surface area is 125 Å². The maximum Gasteiger partial charge on any atom is 0.134 e. The zero-order valence-corrected chi connectivity index (χ0v) is 12.2. The van der Waals surface area contributed by atoms with E-state index in [1.165, 1.54) is 23.5 Å². The van der Waals surface area contributed by atoms with Gasteiger partial charge in [0.15, 0.2) is 0 Å². The summed E-state index contributed by atoms with van der Waals surface area (Å²) in [7, 11) is 0.